The second-order valence-corrected chi connectivity index (χ2v) is 4.46. The molecule has 1 rings (SSSR count). The van der Waals surface area contributed by atoms with Gasteiger partial charge in [0, 0.05) is 10.5 Å². The van der Waals surface area contributed by atoms with Crippen LogP contribution in [0, 0.1) is 0 Å². The van der Waals surface area contributed by atoms with Crippen LogP contribution in [-0.4, -0.2) is 12.1 Å². The molecule has 2 nitrogen and oxygen atoms in total. The summed E-state index contributed by atoms with van der Waals surface area (Å²) in [6.45, 7) is 4.21. The minimum atomic E-state index is 0.672. The van der Waals surface area contributed by atoms with E-state index in [1.54, 1.807) is 7.11 Å². The Morgan fingerprint density at radius 2 is 2.20 bits per heavy atom. The van der Waals surface area contributed by atoms with Gasteiger partial charge in [-0.1, -0.05) is 11.6 Å². The Kier molecular flexibility index (Phi) is 4.82. The summed E-state index contributed by atoms with van der Waals surface area (Å²) in [5, 5.41) is 0. The van der Waals surface area contributed by atoms with Gasteiger partial charge in [-0.3, -0.25) is 0 Å². The number of methoxy groups -OCH3 is 1. The highest BCUT2D eigenvalue weighted by molar-refractivity contribution is 9.10. The molecule has 0 saturated heterocycles. The molecule has 0 aromatic carbocycles. The number of rotatable bonds is 4. The molecule has 0 spiro atoms. The molecule has 0 fully saturated rings. The summed E-state index contributed by atoms with van der Waals surface area (Å²) in [4.78, 5) is 4.39. The normalized spacial score (nSPS) is 9.87. The second kappa shape index (κ2) is 5.91. The van der Waals surface area contributed by atoms with Gasteiger partial charge in [0.15, 0.2) is 0 Å². The van der Waals surface area contributed by atoms with Gasteiger partial charge in [0.25, 0.3) is 0 Å². The van der Waals surface area contributed by atoms with Crippen LogP contribution in [0.4, 0.5) is 0 Å². The minimum absolute atomic E-state index is 0.672. The second-order valence-electron chi connectivity index (χ2n) is 3.60. The fourth-order valence-corrected chi connectivity index (χ4v) is 1.67. The van der Waals surface area contributed by atoms with Crippen molar-refractivity contribution in [1.82, 2.24) is 4.98 Å². The van der Waals surface area contributed by atoms with Gasteiger partial charge < -0.3 is 4.74 Å². The number of hydrogen-bond donors (Lipinski definition) is 0. The Morgan fingerprint density at radius 3 is 2.80 bits per heavy atom. The van der Waals surface area contributed by atoms with Crippen molar-refractivity contribution >= 4 is 15.9 Å². The first kappa shape index (κ1) is 12.2. The number of allylic oxidation sites excluding steroid dienone is 2. The Labute approximate surface area is 99.5 Å². The molecule has 15 heavy (non-hydrogen) atoms. The van der Waals surface area contributed by atoms with Crippen LogP contribution in [0.3, 0.4) is 0 Å². The molecule has 0 aliphatic carbocycles. The topological polar surface area (TPSA) is 22.1 Å². The zero-order valence-corrected chi connectivity index (χ0v) is 11.0. The molecule has 0 amide bonds. The van der Waals surface area contributed by atoms with Crippen LogP contribution < -0.4 is 4.74 Å². The van der Waals surface area contributed by atoms with E-state index in [0.717, 1.165) is 23.0 Å². The van der Waals surface area contributed by atoms with Crippen LogP contribution in [-0.2, 0) is 6.42 Å². The average molecular weight is 270 g/mol. The lowest BCUT2D eigenvalue weighted by molar-refractivity contribution is 0.396. The van der Waals surface area contributed by atoms with Crippen molar-refractivity contribution in [3.8, 4) is 5.88 Å². The molecule has 0 aliphatic rings. The van der Waals surface area contributed by atoms with Crippen LogP contribution in [0.15, 0.2) is 28.3 Å². The van der Waals surface area contributed by atoms with Gasteiger partial charge in [-0.15, -0.1) is 0 Å². The lowest BCUT2D eigenvalue weighted by atomic mass is 10.2. The maximum Gasteiger partial charge on any atom is 0.213 e. The van der Waals surface area contributed by atoms with Crippen LogP contribution in [0.25, 0.3) is 0 Å². The molecule has 1 heterocycles. The molecular formula is C12H16BrNO. The van der Waals surface area contributed by atoms with Crippen LogP contribution in [0.1, 0.15) is 26.0 Å². The maximum atomic E-state index is 5.09. The van der Waals surface area contributed by atoms with E-state index < -0.39 is 0 Å². The van der Waals surface area contributed by atoms with E-state index in [1.165, 1.54) is 5.57 Å². The zero-order chi connectivity index (χ0) is 11.3. The first-order chi connectivity index (χ1) is 7.13. The lowest BCUT2D eigenvalue weighted by Crippen LogP contribution is -1.94. The van der Waals surface area contributed by atoms with E-state index in [9.17, 15) is 0 Å². The van der Waals surface area contributed by atoms with E-state index >= 15 is 0 Å². The molecule has 82 valence electrons. The molecule has 0 saturated carbocycles. The number of pyridine rings is 1. The van der Waals surface area contributed by atoms with Gasteiger partial charge in [-0.2, -0.15) is 0 Å². The largest absolute Gasteiger partial charge is 0.481 e. The number of halogens is 1. The number of aromatic nitrogens is 1. The van der Waals surface area contributed by atoms with Gasteiger partial charge in [-0.25, -0.2) is 4.98 Å². The molecule has 1 aromatic heterocycles. The van der Waals surface area contributed by atoms with E-state index in [2.05, 4.69) is 40.8 Å². The Hall–Kier alpha value is -0.830. The van der Waals surface area contributed by atoms with E-state index in [0.29, 0.717) is 5.88 Å². The minimum Gasteiger partial charge on any atom is -0.481 e. The van der Waals surface area contributed by atoms with Gasteiger partial charge in [-0.05, 0) is 48.7 Å². The summed E-state index contributed by atoms with van der Waals surface area (Å²) < 4.78 is 6.14. The standard InChI is InChI=1S/C12H16BrNO/c1-9(2)5-4-6-11-10(13)7-8-12(14-11)15-3/h5,7-8H,4,6H2,1-3H3. The average Bonchev–Trinajstić information content (AvgIpc) is 2.20. The van der Waals surface area contributed by atoms with Crippen molar-refractivity contribution < 1.29 is 4.74 Å². The van der Waals surface area contributed by atoms with Crippen molar-refractivity contribution in [1.29, 1.82) is 0 Å². The van der Waals surface area contributed by atoms with Crippen molar-refractivity contribution in [2.45, 2.75) is 26.7 Å². The smallest absolute Gasteiger partial charge is 0.213 e. The van der Waals surface area contributed by atoms with Gasteiger partial charge in [0.05, 0.1) is 12.8 Å². The first-order valence-electron chi connectivity index (χ1n) is 4.96. The fraction of sp³-hybridized carbons (Fsp3) is 0.417. The van der Waals surface area contributed by atoms with Crippen molar-refractivity contribution in [3.05, 3.63) is 33.9 Å². The third kappa shape index (κ3) is 4.04. The van der Waals surface area contributed by atoms with Gasteiger partial charge in [0.1, 0.15) is 0 Å². The summed E-state index contributed by atoms with van der Waals surface area (Å²) in [6, 6.07) is 3.83. The summed E-state index contributed by atoms with van der Waals surface area (Å²) in [7, 11) is 1.64. The van der Waals surface area contributed by atoms with E-state index in [-0.39, 0.29) is 0 Å². The quantitative estimate of drug-likeness (QED) is 0.777. The zero-order valence-electron chi connectivity index (χ0n) is 9.38. The molecule has 0 atom stereocenters. The molecule has 0 N–H and O–H groups in total. The number of ether oxygens (including phenoxy) is 1. The van der Waals surface area contributed by atoms with Crippen LogP contribution in [0.5, 0.6) is 5.88 Å². The predicted molar refractivity (Wildman–Crippen MR) is 66.2 cm³/mol. The van der Waals surface area contributed by atoms with E-state index in [4.69, 9.17) is 4.74 Å². The van der Waals surface area contributed by atoms with E-state index in [1.807, 2.05) is 12.1 Å². The van der Waals surface area contributed by atoms with Crippen LogP contribution >= 0.6 is 15.9 Å². The van der Waals surface area contributed by atoms with Crippen molar-refractivity contribution in [3.63, 3.8) is 0 Å². The SMILES string of the molecule is COc1ccc(Br)c(CCC=C(C)C)n1. The molecule has 0 bridgehead atoms. The first-order valence-corrected chi connectivity index (χ1v) is 5.75. The van der Waals surface area contributed by atoms with Crippen LogP contribution in [0.2, 0.25) is 0 Å². The molecule has 3 heteroatoms. The maximum absolute atomic E-state index is 5.09. The highest BCUT2D eigenvalue weighted by Gasteiger charge is 2.02. The Morgan fingerprint density at radius 1 is 1.47 bits per heavy atom. The third-order valence-corrected chi connectivity index (χ3v) is 2.76. The highest BCUT2D eigenvalue weighted by Crippen LogP contribution is 2.20. The van der Waals surface area contributed by atoms with Crippen molar-refractivity contribution in [2.24, 2.45) is 0 Å². The lowest BCUT2D eigenvalue weighted by Gasteiger charge is -2.04. The Balaban J connectivity index is 2.71. The van der Waals surface area contributed by atoms with Gasteiger partial charge >= 0.3 is 0 Å². The fourth-order valence-electron chi connectivity index (χ4n) is 1.25. The van der Waals surface area contributed by atoms with Crippen molar-refractivity contribution in [2.75, 3.05) is 7.11 Å². The third-order valence-electron chi connectivity index (χ3n) is 2.04. The monoisotopic (exact) mass is 269 g/mol. The van der Waals surface area contributed by atoms with Gasteiger partial charge in [0.2, 0.25) is 5.88 Å². The summed E-state index contributed by atoms with van der Waals surface area (Å²) in [5.41, 5.74) is 2.39. The predicted octanol–water partition coefficient (Wildman–Crippen LogP) is 3.75. The summed E-state index contributed by atoms with van der Waals surface area (Å²) in [5.74, 6) is 0.672. The molecule has 1 aromatic rings. The molecule has 0 radical (unpaired) electrons. The summed E-state index contributed by atoms with van der Waals surface area (Å²) in [6.07, 6.45) is 4.16. The summed E-state index contributed by atoms with van der Waals surface area (Å²) >= 11 is 3.49. The Bertz CT molecular complexity index is 357. The number of hydrogen-bond acceptors (Lipinski definition) is 2. The molecule has 0 unspecified atom stereocenters. The highest BCUT2D eigenvalue weighted by atomic mass is 79.9. The molecule has 0 aliphatic heterocycles. The number of aryl methyl sites for hydroxylation is 1. The molecular weight excluding hydrogens is 254 g/mol. The number of nitrogens with zero attached hydrogens (tertiary/aromatic N) is 1.